The van der Waals surface area contributed by atoms with E-state index < -0.39 is 0 Å². The highest BCUT2D eigenvalue weighted by molar-refractivity contribution is 7.99. The van der Waals surface area contributed by atoms with Gasteiger partial charge >= 0.3 is 0 Å². The lowest BCUT2D eigenvalue weighted by atomic mass is 10.2. The molecule has 24 heavy (non-hydrogen) atoms. The molecule has 0 spiro atoms. The van der Waals surface area contributed by atoms with Crippen LogP contribution in [0, 0.1) is 5.92 Å². The molecule has 0 radical (unpaired) electrons. The van der Waals surface area contributed by atoms with Gasteiger partial charge < -0.3 is 9.30 Å². The molecule has 2 rings (SSSR count). The maximum absolute atomic E-state index is 5.90. The first-order chi connectivity index (χ1) is 11.5. The summed E-state index contributed by atoms with van der Waals surface area (Å²) in [6.07, 6.45) is 1.03. The fraction of sp³-hybridized carbons (Fsp3) is 0.474. The number of rotatable bonds is 9. The zero-order chi connectivity index (χ0) is 17.5. The van der Waals surface area contributed by atoms with Crippen molar-refractivity contribution in [2.75, 3.05) is 5.75 Å². The maximum atomic E-state index is 5.90. The van der Waals surface area contributed by atoms with Gasteiger partial charge in [-0.3, -0.25) is 0 Å². The Morgan fingerprint density at radius 1 is 1.25 bits per heavy atom. The van der Waals surface area contributed by atoms with Crippen LogP contribution in [-0.4, -0.2) is 20.5 Å². The molecule has 0 aliphatic heterocycles. The molecule has 0 aliphatic rings. The highest BCUT2D eigenvalue weighted by Crippen LogP contribution is 2.21. The second-order valence-electron chi connectivity index (χ2n) is 6.44. The summed E-state index contributed by atoms with van der Waals surface area (Å²) in [5, 5.41) is 9.61. The zero-order valence-electron chi connectivity index (χ0n) is 15.1. The third kappa shape index (κ3) is 5.41. The molecule has 1 aromatic heterocycles. The predicted octanol–water partition coefficient (Wildman–Crippen LogP) is 4.74. The Balaban J connectivity index is 2.08. The van der Waals surface area contributed by atoms with Gasteiger partial charge in [-0.15, -0.1) is 10.2 Å². The van der Waals surface area contributed by atoms with E-state index in [9.17, 15) is 0 Å². The fourth-order valence-corrected chi connectivity index (χ4v) is 3.05. The third-order valence-electron chi connectivity index (χ3n) is 3.49. The summed E-state index contributed by atoms with van der Waals surface area (Å²) in [7, 11) is 0. The number of aromatic nitrogens is 3. The molecule has 130 valence electrons. The topological polar surface area (TPSA) is 39.9 Å². The highest BCUT2D eigenvalue weighted by atomic mass is 32.2. The number of hydrogen-bond donors (Lipinski definition) is 0. The number of ether oxygens (including phenoxy) is 1. The average molecular weight is 346 g/mol. The van der Waals surface area contributed by atoms with Crippen molar-refractivity contribution < 1.29 is 4.74 Å². The van der Waals surface area contributed by atoms with Gasteiger partial charge in [-0.05, 0) is 37.0 Å². The summed E-state index contributed by atoms with van der Waals surface area (Å²) in [5.41, 5.74) is 2.44. The summed E-state index contributed by atoms with van der Waals surface area (Å²) in [6, 6.07) is 8.22. The molecule has 0 fully saturated rings. The van der Waals surface area contributed by atoms with Gasteiger partial charge in [0.2, 0.25) is 0 Å². The van der Waals surface area contributed by atoms with Crippen molar-refractivity contribution in [1.29, 1.82) is 0 Å². The highest BCUT2D eigenvalue weighted by Gasteiger charge is 2.14. The molecule has 0 saturated heterocycles. The summed E-state index contributed by atoms with van der Waals surface area (Å²) in [5.74, 6) is 3.11. The van der Waals surface area contributed by atoms with Crippen LogP contribution >= 0.6 is 11.8 Å². The number of nitrogens with zero attached hydrogens (tertiary/aromatic N) is 3. The van der Waals surface area contributed by atoms with Crippen LogP contribution in [0.4, 0.5) is 0 Å². The molecule has 0 N–H and O–H groups in total. The molecule has 0 saturated carbocycles. The van der Waals surface area contributed by atoms with E-state index in [1.165, 1.54) is 5.56 Å². The van der Waals surface area contributed by atoms with Crippen molar-refractivity contribution in [3.05, 3.63) is 47.8 Å². The minimum Gasteiger partial charge on any atom is -0.486 e. The van der Waals surface area contributed by atoms with E-state index in [-0.39, 0.29) is 0 Å². The fourth-order valence-electron chi connectivity index (χ4n) is 2.24. The lowest BCUT2D eigenvalue weighted by Crippen LogP contribution is -2.12. The Morgan fingerprint density at radius 3 is 2.54 bits per heavy atom. The van der Waals surface area contributed by atoms with E-state index in [4.69, 9.17) is 4.74 Å². The molecule has 0 aliphatic carbocycles. The van der Waals surface area contributed by atoms with Gasteiger partial charge in [0.25, 0.3) is 0 Å². The first-order valence-electron chi connectivity index (χ1n) is 8.40. The lowest BCUT2D eigenvalue weighted by Gasteiger charge is -2.13. The van der Waals surface area contributed by atoms with Gasteiger partial charge in [0, 0.05) is 12.3 Å². The van der Waals surface area contributed by atoms with Gasteiger partial charge in [-0.1, -0.05) is 56.8 Å². The van der Waals surface area contributed by atoms with E-state index in [1.54, 1.807) is 11.8 Å². The second-order valence-corrected chi connectivity index (χ2v) is 7.38. The van der Waals surface area contributed by atoms with Crippen molar-refractivity contribution in [3.63, 3.8) is 0 Å². The Kier molecular flexibility index (Phi) is 6.91. The summed E-state index contributed by atoms with van der Waals surface area (Å²) in [4.78, 5) is 0. The average Bonchev–Trinajstić information content (AvgIpc) is 2.92. The monoisotopic (exact) mass is 345 g/mol. The molecular weight excluding hydrogens is 318 g/mol. The van der Waals surface area contributed by atoms with Crippen LogP contribution in [-0.2, 0) is 19.6 Å². The van der Waals surface area contributed by atoms with Gasteiger partial charge in [0.05, 0.1) is 0 Å². The van der Waals surface area contributed by atoms with E-state index in [1.807, 2.05) is 19.1 Å². The molecule has 4 nitrogen and oxygen atoms in total. The quantitative estimate of drug-likeness (QED) is 0.486. The zero-order valence-corrected chi connectivity index (χ0v) is 15.9. The van der Waals surface area contributed by atoms with Crippen LogP contribution in [0.1, 0.15) is 39.1 Å². The molecule has 1 heterocycles. The van der Waals surface area contributed by atoms with E-state index >= 15 is 0 Å². The Labute approximate surface area is 149 Å². The molecule has 0 amide bonds. The minimum atomic E-state index is 0.429. The van der Waals surface area contributed by atoms with E-state index in [2.05, 4.69) is 54.2 Å². The standard InChI is InChI=1S/C19H27N3OS/c1-6-16-7-9-17(10-8-16)23-12-18-20-21-19(24-13-15(4)5)22(18)11-14(2)3/h7-10,14H,4,6,11-13H2,1-3,5H3. The van der Waals surface area contributed by atoms with Crippen molar-refractivity contribution in [2.24, 2.45) is 5.92 Å². The van der Waals surface area contributed by atoms with Gasteiger partial charge in [-0.25, -0.2) is 0 Å². The smallest absolute Gasteiger partial charge is 0.191 e. The first kappa shape index (κ1) is 18.6. The van der Waals surface area contributed by atoms with Gasteiger partial charge in [0.15, 0.2) is 11.0 Å². The first-order valence-corrected chi connectivity index (χ1v) is 9.39. The summed E-state index contributed by atoms with van der Waals surface area (Å²) >= 11 is 1.68. The lowest BCUT2D eigenvalue weighted by molar-refractivity contribution is 0.284. The summed E-state index contributed by atoms with van der Waals surface area (Å²) in [6.45, 7) is 13.8. The molecule has 1 aromatic carbocycles. The molecule has 0 unspecified atom stereocenters. The van der Waals surface area contributed by atoms with Crippen LogP contribution in [0.2, 0.25) is 0 Å². The third-order valence-corrected chi connectivity index (χ3v) is 4.69. The van der Waals surface area contributed by atoms with Crippen LogP contribution in [0.5, 0.6) is 5.75 Å². The minimum absolute atomic E-state index is 0.429. The number of benzene rings is 1. The van der Waals surface area contributed by atoms with E-state index in [0.717, 1.165) is 41.0 Å². The van der Waals surface area contributed by atoms with E-state index in [0.29, 0.717) is 12.5 Å². The Morgan fingerprint density at radius 2 is 1.96 bits per heavy atom. The second kappa shape index (κ2) is 8.92. The number of aryl methyl sites for hydroxylation is 1. The molecule has 5 heteroatoms. The van der Waals surface area contributed by atoms with Gasteiger partial charge in [-0.2, -0.15) is 0 Å². The number of hydrogen-bond acceptors (Lipinski definition) is 4. The van der Waals surface area contributed by atoms with Crippen LogP contribution < -0.4 is 4.74 Å². The summed E-state index contributed by atoms with van der Waals surface area (Å²) < 4.78 is 8.07. The van der Waals surface area contributed by atoms with Gasteiger partial charge in [0.1, 0.15) is 12.4 Å². The maximum Gasteiger partial charge on any atom is 0.191 e. The molecule has 0 bridgehead atoms. The normalized spacial score (nSPS) is 11.0. The van der Waals surface area contributed by atoms with Crippen molar-refractivity contribution in [3.8, 4) is 5.75 Å². The molecule has 0 atom stereocenters. The Hall–Kier alpha value is -1.75. The largest absolute Gasteiger partial charge is 0.486 e. The van der Waals surface area contributed by atoms with Crippen molar-refractivity contribution in [2.45, 2.75) is 52.4 Å². The van der Waals surface area contributed by atoms with Crippen LogP contribution in [0.25, 0.3) is 0 Å². The van der Waals surface area contributed by atoms with Crippen molar-refractivity contribution >= 4 is 11.8 Å². The number of thioether (sulfide) groups is 1. The van der Waals surface area contributed by atoms with Crippen LogP contribution in [0.3, 0.4) is 0 Å². The molecule has 2 aromatic rings. The predicted molar refractivity (Wildman–Crippen MR) is 101 cm³/mol. The SMILES string of the molecule is C=C(C)CSc1nnc(COc2ccc(CC)cc2)n1CC(C)C. The Bertz CT molecular complexity index is 662. The van der Waals surface area contributed by atoms with Crippen molar-refractivity contribution in [1.82, 2.24) is 14.8 Å². The van der Waals surface area contributed by atoms with Crippen LogP contribution in [0.15, 0.2) is 41.6 Å². The molecular formula is C19H27N3OS.